The second-order valence-corrected chi connectivity index (χ2v) is 3.35. The van der Waals surface area contributed by atoms with Crippen LogP contribution in [0.3, 0.4) is 0 Å². The zero-order valence-electron chi connectivity index (χ0n) is 9.08. The molecule has 0 fully saturated rings. The summed E-state index contributed by atoms with van der Waals surface area (Å²) in [6.07, 6.45) is 1.68. The number of hydrogen-bond acceptors (Lipinski definition) is 5. The molecule has 0 aromatic carbocycles. The van der Waals surface area contributed by atoms with Crippen LogP contribution in [-0.2, 0) is 9.53 Å². The van der Waals surface area contributed by atoms with E-state index in [1.54, 1.807) is 18.2 Å². The molecule has 5 nitrogen and oxygen atoms in total. The van der Waals surface area contributed by atoms with Crippen molar-refractivity contribution in [3.05, 3.63) is 48.3 Å². The topological polar surface area (TPSA) is 69.7 Å². The van der Waals surface area contributed by atoms with E-state index in [2.05, 4.69) is 0 Å². The highest BCUT2D eigenvalue weighted by atomic mass is 16.6. The molecule has 0 saturated heterocycles. The maximum atomic E-state index is 12.0. The van der Waals surface area contributed by atoms with E-state index in [0.717, 1.165) is 0 Å². The number of rotatable bonds is 4. The molecular weight excluding hydrogens is 224 g/mol. The Bertz CT molecular complexity index is 495. The molecule has 2 aromatic heterocycles. The molecule has 0 amide bonds. The number of carbonyl (C=O) groups excluding carboxylic acids is 2. The molecule has 0 N–H and O–H groups in total. The Morgan fingerprint density at radius 3 is 2.41 bits per heavy atom. The SMILES string of the molecule is CC(=O)OC(C(=O)c1ccco1)c1ccco1. The number of hydrogen-bond donors (Lipinski definition) is 0. The normalized spacial score (nSPS) is 12.1. The zero-order valence-corrected chi connectivity index (χ0v) is 9.08. The van der Waals surface area contributed by atoms with Crippen LogP contribution in [0.5, 0.6) is 0 Å². The summed E-state index contributed by atoms with van der Waals surface area (Å²) in [5, 5.41) is 0. The van der Waals surface area contributed by atoms with Crippen molar-refractivity contribution >= 4 is 11.8 Å². The lowest BCUT2D eigenvalue weighted by Gasteiger charge is -2.11. The maximum absolute atomic E-state index is 12.0. The van der Waals surface area contributed by atoms with E-state index in [1.165, 1.54) is 25.5 Å². The summed E-state index contributed by atoms with van der Waals surface area (Å²) in [7, 11) is 0. The van der Waals surface area contributed by atoms with Gasteiger partial charge in [0.1, 0.15) is 0 Å². The van der Waals surface area contributed by atoms with Gasteiger partial charge >= 0.3 is 5.97 Å². The second-order valence-electron chi connectivity index (χ2n) is 3.35. The fourth-order valence-electron chi connectivity index (χ4n) is 1.40. The van der Waals surface area contributed by atoms with E-state index in [-0.39, 0.29) is 11.5 Å². The van der Waals surface area contributed by atoms with Gasteiger partial charge in [0, 0.05) is 6.92 Å². The largest absolute Gasteiger partial charge is 0.465 e. The zero-order chi connectivity index (χ0) is 12.3. The first-order chi connectivity index (χ1) is 8.18. The molecule has 2 aromatic rings. The lowest BCUT2D eigenvalue weighted by atomic mass is 10.1. The summed E-state index contributed by atoms with van der Waals surface area (Å²) < 4.78 is 15.0. The summed E-state index contributed by atoms with van der Waals surface area (Å²) in [6.45, 7) is 1.23. The van der Waals surface area contributed by atoms with Gasteiger partial charge in [-0.3, -0.25) is 9.59 Å². The lowest BCUT2D eigenvalue weighted by molar-refractivity contribution is -0.145. The van der Waals surface area contributed by atoms with Crippen molar-refractivity contribution in [1.29, 1.82) is 0 Å². The van der Waals surface area contributed by atoms with Gasteiger partial charge in [0.15, 0.2) is 11.5 Å². The van der Waals surface area contributed by atoms with Crippen LogP contribution in [0.25, 0.3) is 0 Å². The summed E-state index contributed by atoms with van der Waals surface area (Å²) >= 11 is 0. The molecule has 1 atom stereocenters. The first-order valence-electron chi connectivity index (χ1n) is 4.97. The molecule has 0 aliphatic carbocycles. The molecule has 0 bridgehead atoms. The van der Waals surface area contributed by atoms with E-state index >= 15 is 0 Å². The molecular formula is C12H10O5. The Morgan fingerprint density at radius 2 is 1.88 bits per heavy atom. The molecule has 88 valence electrons. The van der Waals surface area contributed by atoms with Gasteiger partial charge in [0.2, 0.25) is 11.9 Å². The quantitative estimate of drug-likeness (QED) is 0.600. The molecule has 0 saturated carbocycles. The fourth-order valence-corrected chi connectivity index (χ4v) is 1.40. The first kappa shape index (κ1) is 11.2. The highest BCUT2D eigenvalue weighted by Crippen LogP contribution is 2.23. The van der Waals surface area contributed by atoms with E-state index in [4.69, 9.17) is 13.6 Å². The molecule has 0 aliphatic heterocycles. The van der Waals surface area contributed by atoms with Crippen molar-refractivity contribution in [2.45, 2.75) is 13.0 Å². The second kappa shape index (κ2) is 4.69. The third-order valence-corrected chi connectivity index (χ3v) is 2.09. The fraction of sp³-hybridized carbons (Fsp3) is 0.167. The number of esters is 1. The summed E-state index contributed by atoms with van der Waals surface area (Å²) in [5.41, 5.74) is 0. The number of ketones is 1. The number of Topliss-reactive ketones (excluding diaryl/α,β-unsaturated/α-hetero) is 1. The average Bonchev–Trinajstić information content (AvgIpc) is 2.96. The van der Waals surface area contributed by atoms with E-state index in [0.29, 0.717) is 0 Å². The van der Waals surface area contributed by atoms with Gasteiger partial charge in [0.05, 0.1) is 12.5 Å². The van der Waals surface area contributed by atoms with Crippen LogP contribution in [0.4, 0.5) is 0 Å². The average molecular weight is 234 g/mol. The van der Waals surface area contributed by atoms with E-state index in [9.17, 15) is 9.59 Å². The van der Waals surface area contributed by atoms with Crippen LogP contribution in [0.15, 0.2) is 45.6 Å². The molecule has 2 rings (SSSR count). The van der Waals surface area contributed by atoms with Gasteiger partial charge < -0.3 is 13.6 Å². The lowest BCUT2D eigenvalue weighted by Crippen LogP contribution is -2.17. The van der Waals surface area contributed by atoms with Crippen molar-refractivity contribution in [3.8, 4) is 0 Å². The van der Waals surface area contributed by atoms with Crippen LogP contribution < -0.4 is 0 Å². The van der Waals surface area contributed by atoms with Gasteiger partial charge in [-0.25, -0.2) is 0 Å². The number of carbonyl (C=O) groups is 2. The molecule has 0 spiro atoms. The Morgan fingerprint density at radius 1 is 1.18 bits per heavy atom. The van der Waals surface area contributed by atoms with Crippen molar-refractivity contribution < 1.29 is 23.2 Å². The third-order valence-electron chi connectivity index (χ3n) is 2.09. The smallest absolute Gasteiger partial charge is 0.303 e. The standard InChI is InChI=1S/C12H10O5/c1-8(13)17-12(10-5-3-7-16-10)11(14)9-4-2-6-15-9/h2-7,12H,1H3. The van der Waals surface area contributed by atoms with Gasteiger partial charge in [0.25, 0.3) is 0 Å². The minimum absolute atomic E-state index is 0.118. The molecule has 1 unspecified atom stereocenters. The van der Waals surface area contributed by atoms with Gasteiger partial charge in [-0.05, 0) is 24.3 Å². The van der Waals surface area contributed by atoms with Gasteiger partial charge in [-0.1, -0.05) is 0 Å². The van der Waals surface area contributed by atoms with E-state index in [1.807, 2.05) is 0 Å². The predicted molar refractivity (Wildman–Crippen MR) is 56.3 cm³/mol. The Hall–Kier alpha value is -2.30. The summed E-state index contributed by atoms with van der Waals surface area (Å²) in [4.78, 5) is 23.0. The van der Waals surface area contributed by atoms with Gasteiger partial charge in [-0.15, -0.1) is 0 Å². The first-order valence-corrected chi connectivity index (χ1v) is 4.97. The highest BCUT2D eigenvalue weighted by Gasteiger charge is 2.29. The molecule has 2 heterocycles. The van der Waals surface area contributed by atoms with Crippen molar-refractivity contribution in [3.63, 3.8) is 0 Å². The Labute approximate surface area is 97.0 Å². The summed E-state index contributed by atoms with van der Waals surface area (Å²) in [6, 6.07) is 6.26. The third kappa shape index (κ3) is 2.44. The maximum Gasteiger partial charge on any atom is 0.303 e. The van der Waals surface area contributed by atoms with Crippen molar-refractivity contribution in [1.82, 2.24) is 0 Å². The minimum atomic E-state index is -1.10. The van der Waals surface area contributed by atoms with Crippen LogP contribution in [0.1, 0.15) is 29.3 Å². The van der Waals surface area contributed by atoms with E-state index < -0.39 is 17.9 Å². The summed E-state index contributed by atoms with van der Waals surface area (Å²) in [5.74, 6) is -0.638. The number of furan rings is 2. The van der Waals surface area contributed by atoms with Crippen LogP contribution in [0, 0.1) is 0 Å². The highest BCUT2D eigenvalue weighted by molar-refractivity contribution is 5.98. The monoisotopic (exact) mass is 234 g/mol. The van der Waals surface area contributed by atoms with Crippen LogP contribution in [0.2, 0.25) is 0 Å². The van der Waals surface area contributed by atoms with Crippen molar-refractivity contribution in [2.75, 3.05) is 0 Å². The Kier molecular flexibility index (Phi) is 3.09. The molecule has 5 heteroatoms. The van der Waals surface area contributed by atoms with Crippen LogP contribution in [-0.4, -0.2) is 11.8 Å². The molecule has 17 heavy (non-hydrogen) atoms. The van der Waals surface area contributed by atoms with Crippen molar-refractivity contribution in [2.24, 2.45) is 0 Å². The Balaban J connectivity index is 2.28. The molecule has 0 radical (unpaired) electrons. The van der Waals surface area contributed by atoms with Gasteiger partial charge in [-0.2, -0.15) is 0 Å². The predicted octanol–water partition coefficient (Wildman–Crippen LogP) is 2.36. The molecule has 0 aliphatic rings. The number of ether oxygens (including phenoxy) is 1. The van der Waals surface area contributed by atoms with Crippen LogP contribution >= 0.6 is 0 Å². The minimum Gasteiger partial charge on any atom is -0.465 e.